The van der Waals surface area contributed by atoms with Crippen LogP contribution in [0.4, 0.5) is 0 Å². The number of benzene rings is 1. The first-order valence-electron chi connectivity index (χ1n) is 9.61. The number of piperidine rings is 1. The molecule has 4 rings (SSSR count). The number of aromatic amines is 1. The zero-order valence-electron chi connectivity index (χ0n) is 16.8. The summed E-state index contributed by atoms with van der Waals surface area (Å²) in [7, 11) is 3.11. The molecule has 2 aromatic heterocycles. The highest BCUT2D eigenvalue weighted by molar-refractivity contribution is 7.13. The number of rotatable bonds is 5. The van der Waals surface area contributed by atoms with Crippen LogP contribution in [-0.2, 0) is 0 Å². The van der Waals surface area contributed by atoms with Crippen LogP contribution < -0.4 is 15.0 Å². The Balaban J connectivity index is 1.50. The summed E-state index contributed by atoms with van der Waals surface area (Å²) in [6, 6.07) is 6.66. The molecule has 0 saturated carbocycles. The van der Waals surface area contributed by atoms with Gasteiger partial charge in [0.25, 0.3) is 11.5 Å². The third-order valence-corrected chi connectivity index (χ3v) is 6.01. The van der Waals surface area contributed by atoms with E-state index in [4.69, 9.17) is 9.47 Å². The fourth-order valence-electron chi connectivity index (χ4n) is 3.64. The number of thiazole rings is 1. The van der Waals surface area contributed by atoms with Crippen LogP contribution in [0.5, 0.6) is 11.5 Å². The van der Waals surface area contributed by atoms with E-state index in [2.05, 4.69) is 15.0 Å². The summed E-state index contributed by atoms with van der Waals surface area (Å²) in [4.78, 5) is 38.7. The van der Waals surface area contributed by atoms with Crippen molar-refractivity contribution in [2.45, 2.75) is 18.8 Å². The number of methoxy groups -OCH3 is 2. The molecular formula is C21H22N4O4S. The third-order valence-electron chi connectivity index (χ3n) is 5.22. The number of likely N-dealkylation sites (tertiary alicyclic amines) is 1. The number of amides is 1. The molecule has 3 aromatic rings. The van der Waals surface area contributed by atoms with E-state index in [9.17, 15) is 9.59 Å². The average molecular weight is 426 g/mol. The van der Waals surface area contributed by atoms with Gasteiger partial charge in [-0.05, 0) is 31.0 Å². The van der Waals surface area contributed by atoms with Crippen LogP contribution in [0.3, 0.4) is 0 Å². The second kappa shape index (κ2) is 8.66. The van der Waals surface area contributed by atoms with Crippen molar-refractivity contribution < 1.29 is 14.3 Å². The molecule has 1 N–H and O–H groups in total. The largest absolute Gasteiger partial charge is 0.497 e. The molecule has 1 aliphatic heterocycles. The van der Waals surface area contributed by atoms with Crippen molar-refractivity contribution in [1.82, 2.24) is 19.9 Å². The maximum atomic E-state index is 13.1. The minimum Gasteiger partial charge on any atom is -0.497 e. The molecular weight excluding hydrogens is 404 g/mol. The van der Waals surface area contributed by atoms with E-state index in [-0.39, 0.29) is 17.4 Å². The normalized spacial score (nSPS) is 14.5. The van der Waals surface area contributed by atoms with Gasteiger partial charge in [-0.3, -0.25) is 9.59 Å². The van der Waals surface area contributed by atoms with Gasteiger partial charge in [0, 0.05) is 36.7 Å². The lowest BCUT2D eigenvalue weighted by atomic mass is 9.95. The highest BCUT2D eigenvalue weighted by Crippen LogP contribution is 2.30. The Kier molecular flexibility index (Phi) is 5.80. The third kappa shape index (κ3) is 4.06. The lowest BCUT2D eigenvalue weighted by molar-refractivity contribution is 0.0707. The van der Waals surface area contributed by atoms with Crippen molar-refractivity contribution in [3.63, 3.8) is 0 Å². The Morgan fingerprint density at radius 1 is 1.20 bits per heavy atom. The number of carbonyl (C=O) groups excluding carboxylic acids is 1. The highest BCUT2D eigenvalue weighted by Gasteiger charge is 2.28. The molecule has 3 heterocycles. The molecule has 1 saturated heterocycles. The fourth-order valence-corrected chi connectivity index (χ4v) is 4.23. The number of hydrogen-bond donors (Lipinski definition) is 1. The van der Waals surface area contributed by atoms with Crippen LogP contribution in [0.15, 0.2) is 40.6 Å². The molecule has 0 bridgehead atoms. The van der Waals surface area contributed by atoms with E-state index >= 15 is 0 Å². The molecule has 1 aliphatic rings. The number of ether oxygens (including phenoxy) is 2. The minimum atomic E-state index is -0.190. The number of H-pyrrole nitrogens is 1. The predicted molar refractivity (Wildman–Crippen MR) is 113 cm³/mol. The molecule has 1 amide bonds. The summed E-state index contributed by atoms with van der Waals surface area (Å²) < 4.78 is 10.6. The Labute approximate surface area is 177 Å². The van der Waals surface area contributed by atoms with E-state index in [0.29, 0.717) is 54.5 Å². The number of nitrogens with one attached hydrogen (secondary N) is 1. The average Bonchev–Trinajstić information content (AvgIpc) is 3.33. The van der Waals surface area contributed by atoms with Crippen LogP contribution in [0.2, 0.25) is 0 Å². The standard InChI is InChI=1S/C21H22N4O4S/c1-28-14-3-4-17(29-2)15(11-14)21(27)25-8-5-13(6-9-25)19-23-16(12-18(26)24-19)20-22-7-10-30-20/h3-4,7,10-13H,5-6,8-9H2,1-2H3,(H,23,24,26). The van der Waals surface area contributed by atoms with Crippen LogP contribution in [-0.4, -0.2) is 53.1 Å². The number of carbonyl (C=O) groups is 1. The molecule has 8 nitrogen and oxygen atoms in total. The van der Waals surface area contributed by atoms with Crippen molar-refractivity contribution in [2.75, 3.05) is 27.3 Å². The molecule has 1 fully saturated rings. The first-order chi connectivity index (χ1) is 14.6. The second-order valence-corrected chi connectivity index (χ2v) is 7.88. The monoisotopic (exact) mass is 426 g/mol. The Morgan fingerprint density at radius 2 is 2.00 bits per heavy atom. The summed E-state index contributed by atoms with van der Waals surface area (Å²) in [6.07, 6.45) is 3.12. The van der Waals surface area contributed by atoms with Crippen LogP contribution in [0, 0.1) is 0 Å². The number of hydrogen-bond acceptors (Lipinski definition) is 7. The summed E-state index contributed by atoms with van der Waals surface area (Å²) in [6.45, 7) is 1.13. The first-order valence-corrected chi connectivity index (χ1v) is 10.5. The molecule has 0 spiro atoms. The van der Waals surface area contributed by atoms with E-state index in [0.717, 1.165) is 5.01 Å². The second-order valence-electron chi connectivity index (χ2n) is 6.99. The van der Waals surface area contributed by atoms with E-state index in [1.54, 1.807) is 43.5 Å². The van der Waals surface area contributed by atoms with Gasteiger partial charge in [0.15, 0.2) is 0 Å². The molecule has 9 heteroatoms. The van der Waals surface area contributed by atoms with Gasteiger partial charge in [0.2, 0.25) is 0 Å². The summed E-state index contributed by atoms with van der Waals surface area (Å²) in [5.74, 6) is 1.76. The Hall–Kier alpha value is -3.20. The number of nitrogens with zero attached hydrogens (tertiary/aromatic N) is 3. The summed E-state index contributed by atoms with van der Waals surface area (Å²) >= 11 is 1.45. The zero-order valence-corrected chi connectivity index (χ0v) is 17.6. The quantitative estimate of drug-likeness (QED) is 0.674. The minimum absolute atomic E-state index is 0.0777. The van der Waals surface area contributed by atoms with Crippen molar-refractivity contribution in [1.29, 1.82) is 0 Å². The summed E-state index contributed by atoms with van der Waals surface area (Å²) in [5.41, 5.74) is 0.876. The van der Waals surface area contributed by atoms with Crippen molar-refractivity contribution in [3.05, 3.63) is 57.6 Å². The Morgan fingerprint density at radius 3 is 2.67 bits per heavy atom. The van der Waals surface area contributed by atoms with Gasteiger partial charge in [0.1, 0.15) is 28.0 Å². The van der Waals surface area contributed by atoms with Gasteiger partial charge in [-0.15, -0.1) is 11.3 Å². The molecule has 0 aliphatic carbocycles. The van der Waals surface area contributed by atoms with Gasteiger partial charge in [-0.1, -0.05) is 0 Å². The van der Waals surface area contributed by atoms with Crippen LogP contribution >= 0.6 is 11.3 Å². The maximum absolute atomic E-state index is 13.1. The molecule has 30 heavy (non-hydrogen) atoms. The highest BCUT2D eigenvalue weighted by atomic mass is 32.1. The van der Waals surface area contributed by atoms with Gasteiger partial charge in [0.05, 0.1) is 19.8 Å². The van der Waals surface area contributed by atoms with Gasteiger partial charge < -0.3 is 19.4 Å². The van der Waals surface area contributed by atoms with Gasteiger partial charge in [-0.25, -0.2) is 9.97 Å². The number of aromatic nitrogens is 3. The molecule has 0 unspecified atom stereocenters. The van der Waals surface area contributed by atoms with Crippen molar-refractivity contribution in [2.24, 2.45) is 0 Å². The van der Waals surface area contributed by atoms with Crippen LogP contribution in [0.25, 0.3) is 10.7 Å². The molecule has 0 atom stereocenters. The first kappa shape index (κ1) is 20.1. The lowest BCUT2D eigenvalue weighted by Crippen LogP contribution is -2.38. The topological polar surface area (TPSA) is 97.4 Å². The SMILES string of the molecule is COc1ccc(OC)c(C(=O)N2CCC(c3nc(-c4nccs4)cc(=O)[nH]3)CC2)c1. The van der Waals surface area contributed by atoms with Gasteiger partial charge in [-0.2, -0.15) is 0 Å². The Bertz CT molecular complexity index is 1090. The molecule has 156 valence electrons. The molecule has 0 radical (unpaired) electrons. The fraction of sp³-hybridized carbons (Fsp3) is 0.333. The smallest absolute Gasteiger partial charge is 0.257 e. The zero-order chi connectivity index (χ0) is 21.1. The van der Waals surface area contributed by atoms with Crippen LogP contribution in [0.1, 0.15) is 34.9 Å². The maximum Gasteiger partial charge on any atom is 0.257 e. The van der Waals surface area contributed by atoms with E-state index < -0.39 is 0 Å². The lowest BCUT2D eigenvalue weighted by Gasteiger charge is -2.32. The summed E-state index contributed by atoms with van der Waals surface area (Å²) in [5, 5.41) is 2.58. The molecule has 1 aromatic carbocycles. The van der Waals surface area contributed by atoms with Gasteiger partial charge >= 0.3 is 0 Å². The van der Waals surface area contributed by atoms with Crippen molar-refractivity contribution >= 4 is 17.2 Å². The van der Waals surface area contributed by atoms with Crippen molar-refractivity contribution in [3.8, 4) is 22.2 Å². The van der Waals surface area contributed by atoms with E-state index in [1.807, 2.05) is 5.38 Å². The predicted octanol–water partition coefficient (Wildman–Crippen LogP) is 2.93. The van der Waals surface area contributed by atoms with E-state index in [1.165, 1.54) is 17.4 Å².